The highest BCUT2D eigenvalue weighted by Crippen LogP contribution is 2.27. The number of hydrogen-bond donors (Lipinski definition) is 3. The third kappa shape index (κ3) is 3.05. The number of halogens is 1. The molecular weight excluding hydrogens is 352 g/mol. The molecule has 1 fully saturated rings. The molecule has 1 aliphatic rings. The van der Waals surface area contributed by atoms with E-state index in [1.54, 1.807) is 10.9 Å². The molecule has 0 spiro atoms. The summed E-state index contributed by atoms with van der Waals surface area (Å²) in [6, 6.07) is 9.31. The van der Waals surface area contributed by atoms with Gasteiger partial charge < -0.3 is 5.32 Å². The highest BCUT2D eigenvalue weighted by atomic mass is 35.5. The Morgan fingerprint density at radius 2 is 2.12 bits per heavy atom. The van der Waals surface area contributed by atoms with E-state index in [0.29, 0.717) is 17.3 Å². The van der Waals surface area contributed by atoms with Gasteiger partial charge in [0.1, 0.15) is 0 Å². The molecule has 1 aliphatic heterocycles. The van der Waals surface area contributed by atoms with Crippen LogP contribution >= 0.6 is 11.6 Å². The lowest BCUT2D eigenvalue weighted by molar-refractivity contribution is -0.119. The first-order chi connectivity index (χ1) is 12.5. The Morgan fingerprint density at radius 1 is 1.35 bits per heavy atom. The van der Waals surface area contributed by atoms with Crippen molar-refractivity contribution in [2.24, 2.45) is 13.0 Å². The van der Waals surface area contributed by atoms with E-state index >= 15 is 0 Å². The Kier molecular flexibility index (Phi) is 4.36. The number of amides is 1. The number of carbonyl (C=O) groups is 1. The number of nitrogens with one attached hydrogen (secondary N) is 3. The molecule has 0 aliphatic carbocycles. The molecule has 2 atom stereocenters. The molecule has 0 saturated carbocycles. The van der Waals surface area contributed by atoms with Gasteiger partial charge in [0.25, 0.3) is 0 Å². The van der Waals surface area contributed by atoms with E-state index in [1.807, 2.05) is 44.3 Å². The Balaban J connectivity index is 1.55. The first kappa shape index (κ1) is 17.0. The standard InChI is InChI=1S/C18H19ClN6O/c1-10-14-7-13(8-20-17(14)25(2)24-10)22-18(26)15-9-21-23-16(15)11-3-5-12(19)6-4-11/h3-8,15-16,21,23H,9H2,1-2H3,(H,22,26). The summed E-state index contributed by atoms with van der Waals surface area (Å²) < 4.78 is 1.73. The number of hydrazine groups is 1. The summed E-state index contributed by atoms with van der Waals surface area (Å²) in [7, 11) is 1.85. The lowest BCUT2D eigenvalue weighted by atomic mass is 9.94. The predicted molar refractivity (Wildman–Crippen MR) is 101 cm³/mol. The van der Waals surface area contributed by atoms with E-state index < -0.39 is 0 Å². The molecule has 1 amide bonds. The molecule has 26 heavy (non-hydrogen) atoms. The van der Waals surface area contributed by atoms with Crippen LogP contribution in [0.15, 0.2) is 36.5 Å². The maximum atomic E-state index is 12.8. The molecule has 2 unspecified atom stereocenters. The summed E-state index contributed by atoms with van der Waals surface area (Å²) in [6.07, 6.45) is 1.66. The van der Waals surface area contributed by atoms with Gasteiger partial charge in [-0.3, -0.25) is 14.9 Å². The van der Waals surface area contributed by atoms with Crippen LogP contribution in [0, 0.1) is 12.8 Å². The molecule has 0 bridgehead atoms. The number of aryl methyl sites for hydroxylation is 2. The molecule has 1 saturated heterocycles. The lowest BCUT2D eigenvalue weighted by Crippen LogP contribution is -2.29. The zero-order valence-electron chi connectivity index (χ0n) is 14.5. The van der Waals surface area contributed by atoms with Crippen LogP contribution in [0.3, 0.4) is 0 Å². The Bertz CT molecular complexity index is 968. The van der Waals surface area contributed by atoms with E-state index in [2.05, 4.69) is 26.3 Å². The number of aromatic nitrogens is 3. The fourth-order valence-electron chi connectivity index (χ4n) is 3.34. The quantitative estimate of drug-likeness (QED) is 0.659. The number of pyridine rings is 1. The van der Waals surface area contributed by atoms with Crippen LogP contribution in [-0.2, 0) is 11.8 Å². The van der Waals surface area contributed by atoms with Gasteiger partial charge in [-0.05, 0) is 30.7 Å². The zero-order chi connectivity index (χ0) is 18.3. The van der Waals surface area contributed by atoms with Gasteiger partial charge in [-0.15, -0.1) is 0 Å². The van der Waals surface area contributed by atoms with Crippen molar-refractivity contribution in [3.63, 3.8) is 0 Å². The van der Waals surface area contributed by atoms with Crippen LogP contribution in [0.1, 0.15) is 17.3 Å². The van der Waals surface area contributed by atoms with Gasteiger partial charge in [0, 0.05) is 24.0 Å². The number of rotatable bonds is 3. The van der Waals surface area contributed by atoms with E-state index in [1.165, 1.54) is 0 Å². The van der Waals surface area contributed by atoms with Crippen molar-refractivity contribution < 1.29 is 4.79 Å². The summed E-state index contributed by atoms with van der Waals surface area (Å²) in [5, 5.41) is 8.94. The first-order valence-corrected chi connectivity index (χ1v) is 8.75. The third-order valence-electron chi connectivity index (χ3n) is 4.68. The van der Waals surface area contributed by atoms with Gasteiger partial charge >= 0.3 is 0 Å². The first-order valence-electron chi connectivity index (χ1n) is 8.37. The molecule has 8 heteroatoms. The molecule has 3 heterocycles. The van der Waals surface area contributed by atoms with Crippen LogP contribution in [0.4, 0.5) is 5.69 Å². The SMILES string of the molecule is Cc1nn(C)c2ncc(NC(=O)C3CNNC3c3ccc(Cl)cc3)cc12. The highest BCUT2D eigenvalue weighted by molar-refractivity contribution is 6.30. The van der Waals surface area contributed by atoms with Crippen molar-refractivity contribution in [3.8, 4) is 0 Å². The van der Waals surface area contributed by atoms with Gasteiger partial charge in [-0.25, -0.2) is 10.4 Å². The minimum atomic E-state index is -0.248. The van der Waals surface area contributed by atoms with Crippen molar-refractivity contribution in [1.82, 2.24) is 25.6 Å². The van der Waals surface area contributed by atoms with Crippen LogP contribution in [-0.4, -0.2) is 27.2 Å². The fraction of sp³-hybridized carbons (Fsp3) is 0.278. The van der Waals surface area contributed by atoms with Crippen LogP contribution in [0.5, 0.6) is 0 Å². The molecule has 4 rings (SSSR count). The van der Waals surface area contributed by atoms with Crippen molar-refractivity contribution in [2.45, 2.75) is 13.0 Å². The number of nitrogens with zero attached hydrogens (tertiary/aromatic N) is 3. The van der Waals surface area contributed by atoms with Gasteiger partial charge in [0.2, 0.25) is 5.91 Å². The summed E-state index contributed by atoms with van der Waals surface area (Å²) in [5.41, 5.74) is 9.60. The van der Waals surface area contributed by atoms with Gasteiger partial charge in [-0.2, -0.15) is 5.10 Å². The Hall–Kier alpha value is -2.48. The maximum Gasteiger partial charge on any atom is 0.230 e. The number of fused-ring (bicyclic) bond motifs is 1. The second-order valence-electron chi connectivity index (χ2n) is 6.45. The van der Waals surface area contributed by atoms with E-state index in [4.69, 9.17) is 11.6 Å². The second kappa shape index (κ2) is 6.68. The van der Waals surface area contributed by atoms with Crippen LogP contribution < -0.4 is 16.2 Å². The van der Waals surface area contributed by atoms with Crippen molar-refractivity contribution in [2.75, 3.05) is 11.9 Å². The smallest absolute Gasteiger partial charge is 0.230 e. The topological polar surface area (TPSA) is 83.9 Å². The predicted octanol–water partition coefficient (Wildman–Crippen LogP) is 2.33. The van der Waals surface area contributed by atoms with E-state index in [9.17, 15) is 4.79 Å². The van der Waals surface area contributed by atoms with Gasteiger partial charge in [0.15, 0.2) is 5.65 Å². The molecule has 2 aromatic heterocycles. The number of carbonyl (C=O) groups excluding carboxylic acids is 1. The second-order valence-corrected chi connectivity index (χ2v) is 6.89. The minimum Gasteiger partial charge on any atom is -0.324 e. The number of hydrogen-bond acceptors (Lipinski definition) is 5. The van der Waals surface area contributed by atoms with Gasteiger partial charge in [0.05, 0.1) is 29.5 Å². The number of anilines is 1. The zero-order valence-corrected chi connectivity index (χ0v) is 15.2. The summed E-state index contributed by atoms with van der Waals surface area (Å²) in [5.74, 6) is -0.313. The summed E-state index contributed by atoms with van der Waals surface area (Å²) >= 11 is 5.96. The molecular formula is C18H19ClN6O. The third-order valence-corrected chi connectivity index (χ3v) is 4.93. The van der Waals surface area contributed by atoms with Crippen molar-refractivity contribution >= 4 is 34.2 Å². The minimum absolute atomic E-state index is 0.0647. The summed E-state index contributed by atoms with van der Waals surface area (Å²) in [6.45, 7) is 2.47. The van der Waals surface area contributed by atoms with E-state index in [-0.39, 0.29) is 17.9 Å². The maximum absolute atomic E-state index is 12.8. The van der Waals surface area contributed by atoms with Crippen molar-refractivity contribution in [1.29, 1.82) is 0 Å². The lowest BCUT2D eigenvalue weighted by Gasteiger charge is -2.18. The largest absolute Gasteiger partial charge is 0.324 e. The average Bonchev–Trinajstić information content (AvgIpc) is 3.21. The molecule has 3 aromatic rings. The average molecular weight is 371 g/mol. The normalized spacial score (nSPS) is 19.8. The van der Waals surface area contributed by atoms with Crippen molar-refractivity contribution in [3.05, 3.63) is 52.8 Å². The molecule has 7 nitrogen and oxygen atoms in total. The molecule has 3 N–H and O–H groups in total. The number of benzene rings is 1. The molecule has 1 aromatic carbocycles. The Morgan fingerprint density at radius 3 is 2.88 bits per heavy atom. The fourth-order valence-corrected chi connectivity index (χ4v) is 3.46. The Labute approximate surface area is 155 Å². The highest BCUT2D eigenvalue weighted by Gasteiger charge is 2.34. The monoisotopic (exact) mass is 370 g/mol. The van der Waals surface area contributed by atoms with Gasteiger partial charge in [-0.1, -0.05) is 23.7 Å². The molecule has 0 radical (unpaired) electrons. The summed E-state index contributed by atoms with van der Waals surface area (Å²) in [4.78, 5) is 17.2. The van der Waals surface area contributed by atoms with Crippen LogP contribution in [0.25, 0.3) is 11.0 Å². The van der Waals surface area contributed by atoms with Crippen LogP contribution in [0.2, 0.25) is 5.02 Å². The van der Waals surface area contributed by atoms with E-state index in [0.717, 1.165) is 22.3 Å². The molecule has 134 valence electrons.